The Morgan fingerprint density at radius 3 is 3.00 bits per heavy atom. The lowest BCUT2D eigenvalue weighted by atomic mass is 10.2. The predicted molar refractivity (Wildman–Crippen MR) is 66.7 cm³/mol. The van der Waals surface area contributed by atoms with Crippen LogP contribution in [0.5, 0.6) is 0 Å². The molecule has 2 aromatic heterocycles. The number of anilines is 1. The number of nitrogens with one attached hydrogen (secondary N) is 1. The van der Waals surface area contributed by atoms with E-state index >= 15 is 0 Å². The molecule has 1 N–H and O–H groups in total. The molecular weight excluding hydrogens is 220 g/mol. The largest absolute Gasteiger partial charge is 0.375 e. The van der Waals surface area contributed by atoms with Gasteiger partial charge >= 0.3 is 0 Å². The van der Waals surface area contributed by atoms with Crippen LogP contribution in [0.2, 0.25) is 0 Å². The van der Waals surface area contributed by atoms with E-state index in [0.717, 1.165) is 17.8 Å². The zero-order valence-corrected chi connectivity index (χ0v) is 10.6. The molecule has 16 heavy (non-hydrogen) atoms. The second-order valence-electron chi connectivity index (χ2n) is 3.79. The standard InChI is InChI=1S/C11H16N4S/c1-4-9-10(6-15(3)14-9)13-8(2)11-5-12-7-16-11/h5-8,13H,4H2,1-3H3. The average Bonchev–Trinajstić information content (AvgIpc) is 2.87. The highest BCUT2D eigenvalue weighted by Crippen LogP contribution is 2.23. The molecule has 2 rings (SSSR count). The first kappa shape index (κ1) is 11.1. The molecular formula is C11H16N4S. The number of hydrogen-bond donors (Lipinski definition) is 1. The van der Waals surface area contributed by atoms with Gasteiger partial charge in [-0.05, 0) is 13.3 Å². The number of aromatic nitrogens is 3. The Hall–Kier alpha value is -1.36. The van der Waals surface area contributed by atoms with Crippen molar-refractivity contribution in [3.05, 3.63) is 28.5 Å². The van der Waals surface area contributed by atoms with Crippen LogP contribution in [0.4, 0.5) is 5.69 Å². The molecule has 0 radical (unpaired) electrons. The highest BCUT2D eigenvalue weighted by Gasteiger charge is 2.11. The lowest BCUT2D eigenvalue weighted by Gasteiger charge is -2.12. The topological polar surface area (TPSA) is 42.7 Å². The monoisotopic (exact) mass is 236 g/mol. The van der Waals surface area contributed by atoms with Crippen LogP contribution in [0.15, 0.2) is 17.9 Å². The fraction of sp³-hybridized carbons (Fsp3) is 0.455. The lowest BCUT2D eigenvalue weighted by Crippen LogP contribution is -2.05. The Kier molecular flexibility index (Phi) is 3.24. The number of nitrogens with zero attached hydrogens (tertiary/aromatic N) is 3. The summed E-state index contributed by atoms with van der Waals surface area (Å²) in [7, 11) is 1.95. The van der Waals surface area contributed by atoms with E-state index in [1.165, 1.54) is 4.88 Å². The van der Waals surface area contributed by atoms with Gasteiger partial charge in [-0.2, -0.15) is 5.10 Å². The van der Waals surface area contributed by atoms with Crippen LogP contribution in [-0.4, -0.2) is 14.8 Å². The molecule has 0 aromatic carbocycles. The molecule has 0 aliphatic rings. The lowest BCUT2D eigenvalue weighted by molar-refractivity contribution is 0.746. The predicted octanol–water partition coefficient (Wildman–Crippen LogP) is 2.61. The first-order valence-electron chi connectivity index (χ1n) is 5.38. The van der Waals surface area contributed by atoms with E-state index in [9.17, 15) is 0 Å². The van der Waals surface area contributed by atoms with Crippen LogP contribution >= 0.6 is 11.3 Å². The van der Waals surface area contributed by atoms with Crippen LogP contribution in [0.3, 0.4) is 0 Å². The minimum Gasteiger partial charge on any atom is -0.375 e. The molecule has 0 amide bonds. The molecule has 0 aliphatic carbocycles. The van der Waals surface area contributed by atoms with E-state index < -0.39 is 0 Å². The molecule has 0 saturated heterocycles. The van der Waals surface area contributed by atoms with Crippen LogP contribution in [-0.2, 0) is 13.5 Å². The number of thiazole rings is 1. The van der Waals surface area contributed by atoms with Crippen molar-refractivity contribution in [3.63, 3.8) is 0 Å². The first-order chi connectivity index (χ1) is 7.70. The van der Waals surface area contributed by atoms with Crippen LogP contribution in [0, 0.1) is 0 Å². The van der Waals surface area contributed by atoms with Crippen molar-refractivity contribution in [2.45, 2.75) is 26.3 Å². The third-order valence-corrected chi connectivity index (χ3v) is 3.45. The molecule has 1 atom stereocenters. The summed E-state index contributed by atoms with van der Waals surface area (Å²) in [6.07, 6.45) is 4.87. The molecule has 0 fully saturated rings. The highest BCUT2D eigenvalue weighted by atomic mass is 32.1. The molecule has 5 heteroatoms. The maximum absolute atomic E-state index is 4.41. The molecule has 0 saturated carbocycles. The van der Waals surface area contributed by atoms with Crippen LogP contribution in [0.25, 0.3) is 0 Å². The number of rotatable bonds is 4. The van der Waals surface area contributed by atoms with E-state index in [0.29, 0.717) is 0 Å². The Labute approximate surface area is 99.3 Å². The van der Waals surface area contributed by atoms with Gasteiger partial charge in [0.1, 0.15) is 0 Å². The van der Waals surface area contributed by atoms with Gasteiger partial charge in [-0.15, -0.1) is 11.3 Å². The van der Waals surface area contributed by atoms with Crippen molar-refractivity contribution in [2.75, 3.05) is 5.32 Å². The Morgan fingerprint density at radius 1 is 1.56 bits per heavy atom. The fourth-order valence-electron chi connectivity index (χ4n) is 1.66. The van der Waals surface area contributed by atoms with Crippen molar-refractivity contribution in [2.24, 2.45) is 7.05 Å². The number of aryl methyl sites for hydroxylation is 2. The van der Waals surface area contributed by atoms with Crippen molar-refractivity contribution >= 4 is 17.0 Å². The maximum atomic E-state index is 4.41. The molecule has 4 nitrogen and oxygen atoms in total. The number of hydrogen-bond acceptors (Lipinski definition) is 4. The SMILES string of the molecule is CCc1nn(C)cc1NC(C)c1cncs1. The molecule has 86 valence electrons. The zero-order chi connectivity index (χ0) is 11.5. The summed E-state index contributed by atoms with van der Waals surface area (Å²) in [6, 6.07) is 0.280. The molecule has 2 aromatic rings. The summed E-state index contributed by atoms with van der Waals surface area (Å²) >= 11 is 1.67. The molecule has 0 bridgehead atoms. The van der Waals surface area contributed by atoms with Gasteiger partial charge in [0, 0.05) is 24.3 Å². The van der Waals surface area contributed by atoms with E-state index in [2.05, 4.69) is 29.2 Å². The van der Waals surface area contributed by atoms with E-state index in [1.54, 1.807) is 11.3 Å². The van der Waals surface area contributed by atoms with Crippen LogP contribution in [0.1, 0.15) is 30.5 Å². The second-order valence-corrected chi connectivity index (χ2v) is 4.70. The van der Waals surface area contributed by atoms with Gasteiger partial charge in [0.05, 0.1) is 22.9 Å². The van der Waals surface area contributed by atoms with Gasteiger partial charge in [0.25, 0.3) is 0 Å². The second kappa shape index (κ2) is 4.65. The minimum absolute atomic E-state index is 0.280. The van der Waals surface area contributed by atoms with Gasteiger partial charge in [0.15, 0.2) is 0 Å². The summed E-state index contributed by atoms with van der Waals surface area (Å²) in [5.74, 6) is 0. The van der Waals surface area contributed by atoms with Crippen molar-refractivity contribution < 1.29 is 0 Å². The van der Waals surface area contributed by atoms with Gasteiger partial charge in [-0.3, -0.25) is 9.67 Å². The zero-order valence-electron chi connectivity index (χ0n) is 9.77. The van der Waals surface area contributed by atoms with Gasteiger partial charge in [0.2, 0.25) is 0 Å². The maximum Gasteiger partial charge on any atom is 0.0853 e. The minimum atomic E-state index is 0.280. The molecule has 0 spiro atoms. The highest BCUT2D eigenvalue weighted by molar-refractivity contribution is 7.09. The molecule has 2 heterocycles. The van der Waals surface area contributed by atoms with Gasteiger partial charge in [-0.25, -0.2) is 0 Å². The Balaban J connectivity index is 2.14. The molecule has 1 unspecified atom stereocenters. The average molecular weight is 236 g/mol. The molecule has 0 aliphatic heterocycles. The fourth-order valence-corrected chi connectivity index (χ4v) is 2.29. The summed E-state index contributed by atoms with van der Waals surface area (Å²) in [5.41, 5.74) is 4.09. The smallest absolute Gasteiger partial charge is 0.0853 e. The van der Waals surface area contributed by atoms with E-state index in [1.807, 2.05) is 29.6 Å². The third-order valence-electron chi connectivity index (χ3n) is 2.49. The van der Waals surface area contributed by atoms with Gasteiger partial charge < -0.3 is 5.32 Å². The van der Waals surface area contributed by atoms with Crippen LogP contribution < -0.4 is 5.32 Å². The van der Waals surface area contributed by atoms with Gasteiger partial charge in [-0.1, -0.05) is 6.92 Å². The Morgan fingerprint density at radius 2 is 2.38 bits per heavy atom. The summed E-state index contributed by atoms with van der Waals surface area (Å²) in [5, 5.41) is 7.88. The first-order valence-corrected chi connectivity index (χ1v) is 6.26. The third kappa shape index (κ3) is 2.24. The Bertz CT molecular complexity index is 447. The quantitative estimate of drug-likeness (QED) is 0.887. The summed E-state index contributed by atoms with van der Waals surface area (Å²) in [6.45, 7) is 4.25. The van der Waals surface area contributed by atoms with E-state index in [-0.39, 0.29) is 6.04 Å². The normalized spacial score (nSPS) is 12.7. The van der Waals surface area contributed by atoms with E-state index in [4.69, 9.17) is 0 Å². The van der Waals surface area contributed by atoms with Crippen molar-refractivity contribution in [1.82, 2.24) is 14.8 Å². The van der Waals surface area contributed by atoms with Crippen molar-refractivity contribution in [1.29, 1.82) is 0 Å². The van der Waals surface area contributed by atoms with Crippen molar-refractivity contribution in [3.8, 4) is 0 Å². The summed E-state index contributed by atoms with van der Waals surface area (Å²) < 4.78 is 1.85. The summed E-state index contributed by atoms with van der Waals surface area (Å²) in [4.78, 5) is 5.33.